The predicted molar refractivity (Wildman–Crippen MR) is 105 cm³/mol. The molecule has 1 heterocycles. The van der Waals surface area contributed by atoms with Crippen LogP contribution < -0.4 is 5.32 Å². The summed E-state index contributed by atoms with van der Waals surface area (Å²) in [6.45, 7) is 11.2. The lowest BCUT2D eigenvalue weighted by Crippen LogP contribution is -2.57. The number of aliphatic imine (C=N–C) groups is 1. The summed E-state index contributed by atoms with van der Waals surface area (Å²) in [4.78, 5) is 16.3. The van der Waals surface area contributed by atoms with Crippen LogP contribution >= 0.6 is 27.7 Å². The molecular formula is C18H24BrFN2O2S. The number of ether oxygens (including phenoxy) is 1. The van der Waals surface area contributed by atoms with Crippen molar-refractivity contribution in [1.82, 2.24) is 5.32 Å². The van der Waals surface area contributed by atoms with Gasteiger partial charge in [-0.3, -0.25) is 0 Å². The number of nitrogens with one attached hydrogen (secondary N) is 1. The van der Waals surface area contributed by atoms with E-state index in [9.17, 15) is 9.18 Å². The Labute approximate surface area is 161 Å². The third kappa shape index (κ3) is 4.97. The van der Waals surface area contributed by atoms with Crippen LogP contribution in [-0.2, 0) is 10.3 Å². The Balaban J connectivity index is 2.37. The van der Waals surface area contributed by atoms with Gasteiger partial charge < -0.3 is 10.1 Å². The number of halogens is 2. The Kier molecular flexibility index (Phi) is 5.59. The molecule has 7 heteroatoms. The lowest BCUT2D eigenvalue weighted by molar-refractivity contribution is 0.0602. The second kappa shape index (κ2) is 6.91. The van der Waals surface area contributed by atoms with Gasteiger partial charge in [0, 0.05) is 15.8 Å². The van der Waals surface area contributed by atoms with Crippen LogP contribution in [0.1, 0.15) is 47.1 Å². The zero-order valence-corrected chi connectivity index (χ0v) is 17.8. The maximum atomic E-state index is 14.4. The Hall–Kier alpha value is -1.08. The van der Waals surface area contributed by atoms with Gasteiger partial charge in [-0.2, -0.15) is 4.99 Å². The van der Waals surface area contributed by atoms with Crippen LogP contribution in [0.4, 0.5) is 9.18 Å². The zero-order chi connectivity index (χ0) is 19.0. The maximum Gasteiger partial charge on any atom is 0.435 e. The lowest BCUT2D eigenvalue weighted by atomic mass is 9.92. The van der Waals surface area contributed by atoms with E-state index in [1.165, 1.54) is 6.07 Å². The normalized spacial score (nSPS) is 24.7. The first kappa shape index (κ1) is 20.2. The number of amidine groups is 1. The van der Waals surface area contributed by atoms with E-state index in [0.29, 0.717) is 17.2 Å². The Morgan fingerprint density at radius 3 is 2.60 bits per heavy atom. The Bertz CT molecular complexity index is 716. The SMILES string of the molecule is CC(C)(C)OC(=O)/N=C1/N[C@](C)(c2cc(Br)ccc2F)CSC1(C)C. The fourth-order valence-electron chi connectivity index (χ4n) is 2.45. The van der Waals surface area contributed by atoms with Crippen LogP contribution in [0, 0.1) is 5.82 Å². The van der Waals surface area contributed by atoms with Crippen LogP contribution in [0.5, 0.6) is 0 Å². The first-order valence-corrected chi connectivity index (χ1v) is 9.80. The molecule has 1 aromatic carbocycles. The molecule has 0 bridgehead atoms. The third-order valence-corrected chi connectivity index (χ3v) is 5.94. The molecule has 1 aromatic rings. The van der Waals surface area contributed by atoms with Gasteiger partial charge in [-0.25, -0.2) is 9.18 Å². The van der Waals surface area contributed by atoms with Crippen molar-refractivity contribution in [1.29, 1.82) is 0 Å². The third-order valence-electron chi connectivity index (χ3n) is 3.81. The van der Waals surface area contributed by atoms with E-state index in [2.05, 4.69) is 26.2 Å². The minimum absolute atomic E-state index is 0.296. The summed E-state index contributed by atoms with van der Waals surface area (Å²) in [5.74, 6) is 0.829. The first-order chi connectivity index (χ1) is 11.3. The molecule has 1 aliphatic rings. The number of benzene rings is 1. The summed E-state index contributed by atoms with van der Waals surface area (Å²) in [6.07, 6.45) is -0.650. The summed E-state index contributed by atoms with van der Waals surface area (Å²) in [5.41, 5.74) is -0.774. The van der Waals surface area contributed by atoms with Crippen molar-refractivity contribution in [2.24, 2.45) is 4.99 Å². The van der Waals surface area contributed by atoms with E-state index < -0.39 is 22.0 Å². The number of carbonyl (C=O) groups is 1. The maximum absolute atomic E-state index is 14.4. The van der Waals surface area contributed by atoms with Crippen molar-refractivity contribution in [3.63, 3.8) is 0 Å². The molecule has 0 radical (unpaired) electrons. The highest BCUT2D eigenvalue weighted by molar-refractivity contribution is 9.10. The average molecular weight is 431 g/mol. The number of hydrogen-bond acceptors (Lipinski definition) is 3. The molecule has 0 saturated carbocycles. The largest absolute Gasteiger partial charge is 0.442 e. The smallest absolute Gasteiger partial charge is 0.435 e. The second-order valence-corrected chi connectivity index (χ2v) is 10.3. The Morgan fingerprint density at radius 1 is 1.36 bits per heavy atom. The van der Waals surface area contributed by atoms with Crippen molar-refractivity contribution >= 4 is 39.6 Å². The molecule has 25 heavy (non-hydrogen) atoms. The molecular weight excluding hydrogens is 407 g/mol. The minimum atomic E-state index is -0.686. The molecule has 1 amide bonds. The van der Waals surface area contributed by atoms with Crippen LogP contribution in [-0.4, -0.2) is 28.0 Å². The molecule has 0 spiro atoms. The van der Waals surface area contributed by atoms with Gasteiger partial charge in [0.1, 0.15) is 17.3 Å². The van der Waals surface area contributed by atoms with Crippen LogP contribution in [0.3, 0.4) is 0 Å². The second-order valence-electron chi connectivity index (χ2n) is 7.82. The minimum Gasteiger partial charge on any atom is -0.442 e. The van der Waals surface area contributed by atoms with Gasteiger partial charge in [0.05, 0.1) is 10.3 Å². The van der Waals surface area contributed by atoms with Gasteiger partial charge in [0.15, 0.2) is 0 Å². The monoisotopic (exact) mass is 430 g/mol. The summed E-state index contributed by atoms with van der Waals surface area (Å²) < 4.78 is 20.1. The van der Waals surface area contributed by atoms with Crippen LogP contribution in [0.2, 0.25) is 0 Å². The molecule has 0 unspecified atom stereocenters. The molecule has 0 aromatic heterocycles. The molecule has 138 valence electrons. The number of rotatable bonds is 1. The highest BCUT2D eigenvalue weighted by atomic mass is 79.9. The highest BCUT2D eigenvalue weighted by Crippen LogP contribution is 2.40. The summed E-state index contributed by atoms with van der Waals surface area (Å²) >= 11 is 5.01. The number of hydrogen-bond donors (Lipinski definition) is 1. The fraction of sp³-hybridized carbons (Fsp3) is 0.556. The van der Waals surface area contributed by atoms with Crippen molar-refractivity contribution < 1.29 is 13.9 Å². The molecule has 4 nitrogen and oxygen atoms in total. The van der Waals surface area contributed by atoms with Gasteiger partial charge in [0.25, 0.3) is 0 Å². The summed E-state index contributed by atoms with van der Waals surface area (Å²) in [5, 5.41) is 3.29. The molecule has 1 fully saturated rings. The Morgan fingerprint density at radius 2 is 2.00 bits per heavy atom. The number of amides is 1. The van der Waals surface area contributed by atoms with Crippen molar-refractivity contribution in [3.8, 4) is 0 Å². The number of nitrogens with zero attached hydrogens (tertiary/aromatic N) is 1. The first-order valence-electron chi connectivity index (χ1n) is 8.02. The van der Waals surface area contributed by atoms with Gasteiger partial charge >= 0.3 is 6.09 Å². The molecule has 1 atom stereocenters. The van der Waals surface area contributed by atoms with E-state index in [0.717, 1.165) is 4.47 Å². The number of carbonyl (C=O) groups excluding carboxylic acids is 1. The summed E-state index contributed by atoms with van der Waals surface area (Å²) in [7, 11) is 0. The van der Waals surface area contributed by atoms with Gasteiger partial charge in [-0.05, 0) is 59.7 Å². The summed E-state index contributed by atoms with van der Waals surface area (Å²) in [6, 6.07) is 4.85. The number of thioether (sulfide) groups is 1. The quantitative estimate of drug-likeness (QED) is 0.660. The predicted octanol–water partition coefficient (Wildman–Crippen LogP) is 5.25. The molecule has 1 aliphatic heterocycles. The molecule has 1 N–H and O–H groups in total. The van der Waals surface area contributed by atoms with Crippen molar-refractivity contribution in [2.75, 3.05) is 5.75 Å². The van der Waals surface area contributed by atoms with E-state index in [1.54, 1.807) is 44.7 Å². The van der Waals surface area contributed by atoms with E-state index >= 15 is 0 Å². The van der Waals surface area contributed by atoms with Crippen LogP contribution in [0.15, 0.2) is 27.7 Å². The van der Waals surface area contributed by atoms with Crippen LogP contribution in [0.25, 0.3) is 0 Å². The van der Waals surface area contributed by atoms with Crippen molar-refractivity contribution in [3.05, 3.63) is 34.1 Å². The zero-order valence-electron chi connectivity index (χ0n) is 15.4. The molecule has 0 aliphatic carbocycles. The fourth-order valence-corrected chi connectivity index (χ4v) is 3.92. The highest BCUT2D eigenvalue weighted by Gasteiger charge is 2.42. The van der Waals surface area contributed by atoms with Gasteiger partial charge in [-0.15, -0.1) is 11.8 Å². The topological polar surface area (TPSA) is 50.7 Å². The average Bonchev–Trinajstić information content (AvgIpc) is 2.44. The molecule has 1 saturated heterocycles. The molecule has 2 rings (SSSR count). The standard InChI is InChI=1S/C18H24BrFN2O2S/c1-16(2,3)24-15(23)21-14-17(4,5)25-10-18(6,22-14)12-9-11(19)7-8-13(12)20/h7-9H,10H2,1-6H3,(H,21,22,23)/t18-/m0/s1. The van der Waals surface area contributed by atoms with E-state index in [-0.39, 0.29) is 5.82 Å². The van der Waals surface area contributed by atoms with E-state index in [1.807, 2.05) is 20.8 Å². The lowest BCUT2D eigenvalue weighted by Gasteiger charge is -2.43. The van der Waals surface area contributed by atoms with Crippen molar-refractivity contribution in [2.45, 2.75) is 57.4 Å². The van der Waals surface area contributed by atoms with E-state index in [4.69, 9.17) is 4.74 Å². The van der Waals surface area contributed by atoms with Gasteiger partial charge in [-0.1, -0.05) is 15.9 Å². The van der Waals surface area contributed by atoms with Gasteiger partial charge in [0.2, 0.25) is 0 Å².